The molecule has 0 spiro atoms. The molecule has 2 rings (SSSR count). The Hall–Kier alpha value is -2.73. The first-order valence-corrected chi connectivity index (χ1v) is 8.73. The van der Waals surface area contributed by atoms with Crippen LogP contribution in [-0.4, -0.2) is 60.3 Å². The highest BCUT2D eigenvalue weighted by atomic mass is 16.2. The Balaban J connectivity index is 2.07. The van der Waals surface area contributed by atoms with E-state index in [1.54, 1.807) is 17.0 Å². The number of nitrogens with one attached hydrogen (secondary N) is 1. The molecule has 6 nitrogen and oxygen atoms in total. The molecule has 6 heteroatoms. The van der Waals surface area contributed by atoms with Crippen LogP contribution in [0.4, 0.5) is 0 Å². The fourth-order valence-electron chi connectivity index (χ4n) is 2.48. The van der Waals surface area contributed by atoms with Crippen LogP contribution in [0.3, 0.4) is 0 Å². The largest absolute Gasteiger partial charge is 0.351 e. The Labute approximate surface area is 154 Å². The zero-order valence-electron chi connectivity index (χ0n) is 15.6. The first-order chi connectivity index (χ1) is 12.5. The SMILES string of the molecule is CCN(Cc1ccccc1)C(=O)c1cc(C(=O)NCCN(C)C)ccn1. The van der Waals surface area contributed by atoms with Crippen molar-refractivity contribution in [1.82, 2.24) is 20.1 Å². The predicted octanol–water partition coefficient (Wildman–Crippen LogP) is 2.04. The maximum atomic E-state index is 12.8. The van der Waals surface area contributed by atoms with Gasteiger partial charge in [0.15, 0.2) is 0 Å². The molecule has 0 saturated heterocycles. The number of hydrogen-bond donors (Lipinski definition) is 1. The smallest absolute Gasteiger partial charge is 0.272 e. The third-order valence-corrected chi connectivity index (χ3v) is 3.97. The lowest BCUT2D eigenvalue weighted by molar-refractivity contribution is 0.0746. The average molecular weight is 354 g/mol. The van der Waals surface area contributed by atoms with E-state index in [0.29, 0.717) is 25.2 Å². The summed E-state index contributed by atoms with van der Waals surface area (Å²) in [4.78, 5) is 32.9. The molecule has 138 valence electrons. The molecule has 26 heavy (non-hydrogen) atoms. The molecule has 2 aromatic rings. The number of hydrogen-bond acceptors (Lipinski definition) is 4. The molecule has 0 bridgehead atoms. The molecule has 2 amide bonds. The van der Waals surface area contributed by atoms with E-state index in [9.17, 15) is 9.59 Å². The van der Waals surface area contributed by atoms with Crippen LogP contribution >= 0.6 is 0 Å². The van der Waals surface area contributed by atoms with E-state index in [1.165, 1.54) is 6.20 Å². The Bertz CT molecular complexity index is 732. The lowest BCUT2D eigenvalue weighted by atomic mass is 10.1. The maximum absolute atomic E-state index is 12.8. The molecule has 0 unspecified atom stereocenters. The Kier molecular flexibility index (Phi) is 7.29. The van der Waals surface area contributed by atoms with Gasteiger partial charge in [-0.2, -0.15) is 0 Å². The van der Waals surface area contributed by atoms with E-state index in [2.05, 4.69) is 10.3 Å². The molecule has 0 aliphatic heterocycles. The third kappa shape index (κ3) is 5.67. The summed E-state index contributed by atoms with van der Waals surface area (Å²) in [5, 5.41) is 2.85. The van der Waals surface area contributed by atoms with Gasteiger partial charge in [0.1, 0.15) is 5.69 Å². The van der Waals surface area contributed by atoms with Gasteiger partial charge in [-0.15, -0.1) is 0 Å². The van der Waals surface area contributed by atoms with Gasteiger partial charge in [-0.3, -0.25) is 14.6 Å². The van der Waals surface area contributed by atoms with E-state index in [-0.39, 0.29) is 17.5 Å². The minimum Gasteiger partial charge on any atom is -0.351 e. The molecular formula is C20H26N4O2. The average Bonchev–Trinajstić information content (AvgIpc) is 2.66. The van der Waals surface area contributed by atoms with Crippen molar-refractivity contribution < 1.29 is 9.59 Å². The van der Waals surface area contributed by atoms with E-state index in [0.717, 1.165) is 12.1 Å². The second-order valence-corrected chi connectivity index (χ2v) is 6.29. The number of carbonyl (C=O) groups is 2. The maximum Gasteiger partial charge on any atom is 0.272 e. The summed E-state index contributed by atoms with van der Waals surface area (Å²) < 4.78 is 0. The topological polar surface area (TPSA) is 65.5 Å². The summed E-state index contributed by atoms with van der Waals surface area (Å²) in [5.41, 5.74) is 1.78. The van der Waals surface area contributed by atoms with Gasteiger partial charge >= 0.3 is 0 Å². The van der Waals surface area contributed by atoms with E-state index >= 15 is 0 Å². The Morgan fingerprint density at radius 1 is 1.12 bits per heavy atom. The van der Waals surface area contributed by atoms with E-state index in [4.69, 9.17) is 0 Å². The van der Waals surface area contributed by atoms with Crippen molar-refractivity contribution in [3.63, 3.8) is 0 Å². The van der Waals surface area contributed by atoms with Gasteiger partial charge in [0, 0.05) is 37.9 Å². The highest BCUT2D eigenvalue weighted by Crippen LogP contribution is 2.10. The van der Waals surface area contributed by atoms with Gasteiger partial charge in [0.05, 0.1) is 0 Å². The predicted molar refractivity (Wildman–Crippen MR) is 102 cm³/mol. The summed E-state index contributed by atoms with van der Waals surface area (Å²) in [6.45, 7) is 4.31. The van der Waals surface area contributed by atoms with Gasteiger partial charge < -0.3 is 15.1 Å². The number of likely N-dealkylation sites (N-methyl/N-ethyl adjacent to an activating group) is 1. The van der Waals surface area contributed by atoms with Crippen molar-refractivity contribution in [2.75, 3.05) is 33.7 Å². The van der Waals surface area contributed by atoms with Crippen molar-refractivity contribution in [2.24, 2.45) is 0 Å². The van der Waals surface area contributed by atoms with Crippen LogP contribution in [0.15, 0.2) is 48.7 Å². The van der Waals surface area contributed by atoms with Gasteiger partial charge in [0.2, 0.25) is 0 Å². The molecule has 0 aliphatic carbocycles. The lowest BCUT2D eigenvalue weighted by Gasteiger charge is -2.20. The van der Waals surface area contributed by atoms with Crippen molar-refractivity contribution in [3.8, 4) is 0 Å². The minimum absolute atomic E-state index is 0.181. The van der Waals surface area contributed by atoms with Crippen LogP contribution in [-0.2, 0) is 6.54 Å². The number of amides is 2. The molecule has 0 fully saturated rings. The normalized spacial score (nSPS) is 10.6. The number of pyridine rings is 1. The standard InChI is InChI=1S/C20H26N4O2/c1-4-24(15-16-8-6-5-7-9-16)20(26)18-14-17(10-11-21-18)19(25)22-12-13-23(2)3/h5-11,14H,4,12-13,15H2,1-3H3,(H,22,25). The molecule has 1 aromatic carbocycles. The zero-order chi connectivity index (χ0) is 18.9. The second-order valence-electron chi connectivity index (χ2n) is 6.29. The molecule has 1 aromatic heterocycles. The second kappa shape index (κ2) is 9.68. The van der Waals surface area contributed by atoms with Crippen LogP contribution in [0.2, 0.25) is 0 Å². The molecule has 1 heterocycles. The first kappa shape index (κ1) is 19.6. The number of benzene rings is 1. The van der Waals surface area contributed by atoms with Crippen LogP contribution < -0.4 is 5.32 Å². The molecule has 1 N–H and O–H groups in total. The van der Waals surface area contributed by atoms with Crippen molar-refractivity contribution in [1.29, 1.82) is 0 Å². The fourth-order valence-corrected chi connectivity index (χ4v) is 2.48. The van der Waals surface area contributed by atoms with Crippen molar-refractivity contribution in [2.45, 2.75) is 13.5 Å². The number of rotatable bonds is 8. The summed E-state index contributed by atoms with van der Waals surface area (Å²) in [6, 6.07) is 13.0. The van der Waals surface area contributed by atoms with Gasteiger partial charge in [-0.1, -0.05) is 30.3 Å². The Morgan fingerprint density at radius 3 is 2.50 bits per heavy atom. The number of aromatic nitrogens is 1. The summed E-state index contributed by atoms with van der Waals surface area (Å²) >= 11 is 0. The number of nitrogens with zero attached hydrogens (tertiary/aromatic N) is 3. The highest BCUT2D eigenvalue weighted by molar-refractivity contribution is 5.98. The number of carbonyl (C=O) groups excluding carboxylic acids is 2. The van der Waals surface area contributed by atoms with Gasteiger partial charge in [0.25, 0.3) is 11.8 Å². The highest BCUT2D eigenvalue weighted by Gasteiger charge is 2.17. The molecule has 0 aliphatic rings. The van der Waals surface area contributed by atoms with Crippen molar-refractivity contribution in [3.05, 3.63) is 65.5 Å². The third-order valence-electron chi connectivity index (χ3n) is 3.97. The summed E-state index contributed by atoms with van der Waals surface area (Å²) in [7, 11) is 3.89. The van der Waals surface area contributed by atoms with E-state index in [1.807, 2.05) is 56.3 Å². The lowest BCUT2D eigenvalue weighted by Crippen LogP contribution is -2.33. The van der Waals surface area contributed by atoms with Crippen LogP contribution in [0.5, 0.6) is 0 Å². The molecular weight excluding hydrogens is 328 g/mol. The summed E-state index contributed by atoms with van der Waals surface area (Å²) in [6.07, 6.45) is 1.50. The van der Waals surface area contributed by atoms with E-state index < -0.39 is 0 Å². The van der Waals surface area contributed by atoms with Gasteiger partial charge in [-0.25, -0.2) is 0 Å². The van der Waals surface area contributed by atoms with Crippen molar-refractivity contribution >= 4 is 11.8 Å². The molecule has 0 saturated carbocycles. The quantitative estimate of drug-likeness (QED) is 0.788. The van der Waals surface area contributed by atoms with Crippen LogP contribution in [0.25, 0.3) is 0 Å². The monoisotopic (exact) mass is 354 g/mol. The van der Waals surface area contributed by atoms with Gasteiger partial charge in [-0.05, 0) is 38.7 Å². The Morgan fingerprint density at radius 2 is 1.85 bits per heavy atom. The molecule has 0 atom stereocenters. The van der Waals surface area contributed by atoms with Crippen LogP contribution in [0, 0.1) is 0 Å². The summed E-state index contributed by atoms with van der Waals surface area (Å²) in [5.74, 6) is -0.381. The van der Waals surface area contributed by atoms with Crippen LogP contribution in [0.1, 0.15) is 33.3 Å². The fraction of sp³-hybridized carbons (Fsp3) is 0.350. The first-order valence-electron chi connectivity index (χ1n) is 8.73. The zero-order valence-corrected chi connectivity index (χ0v) is 15.6. The minimum atomic E-state index is -0.200. The molecule has 0 radical (unpaired) electrons.